The second kappa shape index (κ2) is 8.33. The van der Waals surface area contributed by atoms with Gasteiger partial charge in [-0.25, -0.2) is 0 Å². The first-order valence-corrected chi connectivity index (χ1v) is 8.58. The fourth-order valence-corrected chi connectivity index (χ4v) is 2.56. The number of aliphatic hydroxyl groups excluding tert-OH is 1. The van der Waals surface area contributed by atoms with Crippen LogP contribution < -0.4 is 4.74 Å². The predicted octanol–water partition coefficient (Wildman–Crippen LogP) is 2.38. The first-order chi connectivity index (χ1) is 13.0. The van der Waals surface area contributed by atoms with Gasteiger partial charge < -0.3 is 30.3 Å². The summed E-state index contributed by atoms with van der Waals surface area (Å²) in [6.45, 7) is 2.78. The molecule has 0 aromatic heterocycles. The Labute approximate surface area is 162 Å². The molecule has 0 aliphatic heterocycles. The highest BCUT2D eigenvalue weighted by Gasteiger charge is 2.29. The third-order valence-electron chi connectivity index (χ3n) is 4.35. The summed E-state index contributed by atoms with van der Waals surface area (Å²) in [5.41, 5.74) is -1.06. The molecule has 2 aromatic rings. The summed E-state index contributed by atoms with van der Waals surface area (Å²) in [6.07, 6.45) is 1.16. The molecule has 0 saturated heterocycles. The number of benzene rings is 2. The Balaban J connectivity index is 2.42. The van der Waals surface area contributed by atoms with Crippen molar-refractivity contribution in [3.8, 4) is 23.0 Å². The molecule has 2 aromatic carbocycles. The van der Waals surface area contributed by atoms with Crippen molar-refractivity contribution < 1.29 is 35.1 Å². The smallest absolute Gasteiger partial charge is 0.193 e. The van der Waals surface area contributed by atoms with Gasteiger partial charge in [0.1, 0.15) is 28.6 Å². The van der Waals surface area contributed by atoms with E-state index in [2.05, 4.69) is 0 Å². The van der Waals surface area contributed by atoms with Crippen molar-refractivity contribution in [1.29, 1.82) is 0 Å². The summed E-state index contributed by atoms with van der Waals surface area (Å²) in [4.78, 5) is 12.7. The van der Waals surface area contributed by atoms with Crippen molar-refractivity contribution in [2.45, 2.75) is 32.0 Å². The van der Waals surface area contributed by atoms with Gasteiger partial charge in [-0.15, -0.1) is 0 Å². The second-order valence-electron chi connectivity index (χ2n) is 6.96. The van der Waals surface area contributed by atoms with Gasteiger partial charge in [0.05, 0.1) is 18.8 Å². The largest absolute Gasteiger partial charge is 0.508 e. The Hall–Kier alpha value is -3.03. The van der Waals surface area contributed by atoms with E-state index >= 15 is 0 Å². The molecule has 150 valence electrons. The normalized spacial score (nSPS) is 12.9. The SMILES string of the molecule is COc1cc(O)c(CC(O)C(C)(C)O)c(O)c1C(=O)C=Cc1ccc(O)cc1. The molecule has 28 heavy (non-hydrogen) atoms. The number of ketones is 1. The van der Waals surface area contributed by atoms with Crippen LogP contribution in [0.4, 0.5) is 0 Å². The topological polar surface area (TPSA) is 127 Å². The average Bonchev–Trinajstić information content (AvgIpc) is 2.62. The first-order valence-electron chi connectivity index (χ1n) is 8.58. The lowest BCUT2D eigenvalue weighted by molar-refractivity contribution is -0.0473. The quantitative estimate of drug-likeness (QED) is 0.364. The number of carbonyl (C=O) groups is 1. The van der Waals surface area contributed by atoms with Crippen LogP contribution in [0.15, 0.2) is 36.4 Å². The van der Waals surface area contributed by atoms with E-state index in [1.807, 2.05) is 0 Å². The summed E-state index contributed by atoms with van der Waals surface area (Å²) in [5.74, 6) is -1.41. The van der Waals surface area contributed by atoms with Crippen LogP contribution in [0.1, 0.15) is 35.3 Å². The van der Waals surface area contributed by atoms with Crippen LogP contribution in [-0.2, 0) is 6.42 Å². The molecule has 1 atom stereocenters. The van der Waals surface area contributed by atoms with Gasteiger partial charge in [-0.3, -0.25) is 4.79 Å². The fraction of sp³-hybridized carbons (Fsp3) is 0.286. The Morgan fingerprint density at radius 1 is 1.18 bits per heavy atom. The zero-order valence-electron chi connectivity index (χ0n) is 15.9. The van der Waals surface area contributed by atoms with E-state index in [9.17, 15) is 30.3 Å². The molecule has 7 nitrogen and oxygen atoms in total. The molecule has 0 saturated carbocycles. The van der Waals surface area contributed by atoms with E-state index in [1.165, 1.54) is 51.3 Å². The molecule has 0 spiro atoms. The minimum absolute atomic E-state index is 0.0307. The number of hydrogen-bond acceptors (Lipinski definition) is 7. The van der Waals surface area contributed by atoms with Crippen molar-refractivity contribution in [2.75, 3.05) is 7.11 Å². The van der Waals surface area contributed by atoms with E-state index in [1.54, 1.807) is 12.1 Å². The molecular formula is C21H24O7. The van der Waals surface area contributed by atoms with Crippen molar-refractivity contribution in [3.05, 3.63) is 53.1 Å². The van der Waals surface area contributed by atoms with Gasteiger partial charge in [0.15, 0.2) is 5.78 Å². The van der Waals surface area contributed by atoms with Crippen molar-refractivity contribution in [1.82, 2.24) is 0 Å². The maximum atomic E-state index is 12.7. The summed E-state index contributed by atoms with van der Waals surface area (Å²) >= 11 is 0. The Kier molecular flexibility index (Phi) is 6.33. The zero-order chi connectivity index (χ0) is 21.1. The lowest BCUT2D eigenvalue weighted by Crippen LogP contribution is -2.37. The molecule has 0 fully saturated rings. The third-order valence-corrected chi connectivity index (χ3v) is 4.35. The number of hydrogen-bond donors (Lipinski definition) is 5. The lowest BCUT2D eigenvalue weighted by atomic mass is 9.92. The number of rotatable bonds is 7. The van der Waals surface area contributed by atoms with Crippen molar-refractivity contribution >= 4 is 11.9 Å². The van der Waals surface area contributed by atoms with Gasteiger partial charge in [-0.1, -0.05) is 18.2 Å². The van der Waals surface area contributed by atoms with Gasteiger partial charge in [-0.2, -0.15) is 0 Å². The molecule has 2 rings (SSSR count). The highest BCUT2D eigenvalue weighted by atomic mass is 16.5. The highest BCUT2D eigenvalue weighted by Crippen LogP contribution is 2.39. The van der Waals surface area contributed by atoms with E-state index in [0.29, 0.717) is 5.56 Å². The van der Waals surface area contributed by atoms with Crippen LogP contribution in [-0.4, -0.2) is 50.1 Å². The fourth-order valence-electron chi connectivity index (χ4n) is 2.56. The van der Waals surface area contributed by atoms with Crippen LogP contribution in [0.3, 0.4) is 0 Å². The molecule has 5 N–H and O–H groups in total. The van der Waals surface area contributed by atoms with E-state index in [4.69, 9.17) is 4.74 Å². The molecule has 0 bridgehead atoms. The number of phenols is 3. The van der Waals surface area contributed by atoms with Gasteiger partial charge in [0.25, 0.3) is 0 Å². The van der Waals surface area contributed by atoms with E-state index < -0.39 is 23.2 Å². The second-order valence-corrected chi connectivity index (χ2v) is 6.96. The van der Waals surface area contributed by atoms with E-state index in [0.717, 1.165) is 0 Å². The Morgan fingerprint density at radius 3 is 2.32 bits per heavy atom. The van der Waals surface area contributed by atoms with Crippen LogP contribution in [0.25, 0.3) is 6.08 Å². The standard InChI is InChI=1S/C21H24O7/c1-21(2,27)18(25)10-14-16(24)11-17(28-3)19(20(14)26)15(23)9-6-12-4-7-13(22)8-5-12/h4-9,11,18,22,24-27H,10H2,1-3H3. The number of aromatic hydroxyl groups is 3. The maximum absolute atomic E-state index is 12.7. The molecule has 7 heteroatoms. The van der Waals surface area contributed by atoms with Crippen molar-refractivity contribution in [2.24, 2.45) is 0 Å². The van der Waals surface area contributed by atoms with Crippen LogP contribution in [0.5, 0.6) is 23.0 Å². The number of aliphatic hydroxyl groups is 2. The summed E-state index contributed by atoms with van der Waals surface area (Å²) in [6, 6.07) is 7.34. The van der Waals surface area contributed by atoms with Gasteiger partial charge in [-0.05, 0) is 37.6 Å². The van der Waals surface area contributed by atoms with Crippen LogP contribution >= 0.6 is 0 Å². The molecule has 0 aliphatic rings. The van der Waals surface area contributed by atoms with Crippen LogP contribution in [0, 0.1) is 0 Å². The number of ether oxygens (including phenoxy) is 1. The summed E-state index contributed by atoms with van der Waals surface area (Å²) in [7, 11) is 1.29. The number of phenolic OH excluding ortho intramolecular Hbond substituents is 3. The van der Waals surface area contributed by atoms with Crippen molar-refractivity contribution in [3.63, 3.8) is 0 Å². The third kappa shape index (κ3) is 4.82. The maximum Gasteiger partial charge on any atom is 0.193 e. The monoisotopic (exact) mass is 388 g/mol. The summed E-state index contributed by atoms with van der Waals surface area (Å²) < 4.78 is 5.10. The number of methoxy groups -OCH3 is 1. The zero-order valence-corrected chi connectivity index (χ0v) is 15.9. The van der Waals surface area contributed by atoms with Gasteiger partial charge in [0, 0.05) is 18.1 Å². The predicted molar refractivity (Wildman–Crippen MR) is 104 cm³/mol. The number of allylic oxidation sites excluding steroid dienone is 1. The van der Waals surface area contributed by atoms with Crippen LogP contribution in [0.2, 0.25) is 0 Å². The average molecular weight is 388 g/mol. The lowest BCUT2D eigenvalue weighted by Gasteiger charge is -2.25. The molecule has 1 unspecified atom stereocenters. The minimum Gasteiger partial charge on any atom is -0.508 e. The molecular weight excluding hydrogens is 364 g/mol. The van der Waals surface area contributed by atoms with E-state index in [-0.39, 0.29) is 34.8 Å². The Bertz CT molecular complexity index is 877. The van der Waals surface area contributed by atoms with Gasteiger partial charge in [0.2, 0.25) is 0 Å². The number of carbonyl (C=O) groups excluding carboxylic acids is 1. The highest BCUT2D eigenvalue weighted by molar-refractivity contribution is 6.11. The Morgan fingerprint density at radius 2 is 1.79 bits per heavy atom. The molecule has 0 amide bonds. The molecule has 0 heterocycles. The molecule has 0 aliphatic carbocycles. The minimum atomic E-state index is -1.47. The van der Waals surface area contributed by atoms with Gasteiger partial charge >= 0.3 is 0 Å². The first kappa shape index (κ1) is 21.3. The summed E-state index contributed by atoms with van der Waals surface area (Å²) in [5, 5.41) is 50.1. The molecule has 0 radical (unpaired) electrons.